The van der Waals surface area contributed by atoms with Crippen molar-refractivity contribution in [2.75, 3.05) is 18.6 Å². The van der Waals surface area contributed by atoms with E-state index in [1.807, 2.05) is 0 Å². The monoisotopic (exact) mass is 367 g/mol. The fourth-order valence-corrected chi connectivity index (χ4v) is 4.29. The maximum Gasteiger partial charge on any atom is 0.323 e. The molecule has 0 radical (unpaired) electrons. The van der Waals surface area contributed by atoms with Crippen LogP contribution in [0.3, 0.4) is 0 Å². The third-order valence-corrected chi connectivity index (χ3v) is 5.47. The fourth-order valence-electron chi connectivity index (χ4n) is 3.11. The van der Waals surface area contributed by atoms with Gasteiger partial charge in [0.25, 0.3) is 0 Å². The van der Waals surface area contributed by atoms with Crippen LogP contribution >= 0.6 is 11.8 Å². The smallest absolute Gasteiger partial charge is 0.323 e. The number of thioether (sulfide) groups is 1. The Labute approximate surface area is 153 Å². The van der Waals surface area contributed by atoms with Gasteiger partial charge in [-0.05, 0) is 12.1 Å². The number of benzene rings is 2. The van der Waals surface area contributed by atoms with Crippen LogP contribution in [0.15, 0.2) is 58.0 Å². The Morgan fingerprint density at radius 1 is 1.12 bits per heavy atom. The van der Waals surface area contributed by atoms with Crippen molar-refractivity contribution in [3.63, 3.8) is 0 Å². The van der Waals surface area contributed by atoms with Gasteiger partial charge in [0.15, 0.2) is 11.6 Å². The van der Waals surface area contributed by atoms with Crippen LogP contribution in [-0.4, -0.2) is 36.3 Å². The molecule has 130 valence electrons. The first-order chi connectivity index (χ1) is 12.5. The molecule has 0 atom stereocenters. The molecule has 1 heterocycles. The molecular formula is C19H13NO5S. The van der Waals surface area contributed by atoms with E-state index in [1.165, 1.54) is 23.8 Å². The number of methoxy groups -OCH3 is 1. The average molecular weight is 367 g/mol. The number of ketones is 2. The number of anilines is 1. The molecule has 2 aromatic rings. The van der Waals surface area contributed by atoms with Crippen LogP contribution in [-0.2, 0) is 4.79 Å². The summed E-state index contributed by atoms with van der Waals surface area (Å²) in [5, 5.41) is 9.67. The van der Waals surface area contributed by atoms with Crippen molar-refractivity contribution in [2.45, 2.75) is 4.90 Å². The van der Waals surface area contributed by atoms with Crippen LogP contribution in [0.4, 0.5) is 5.69 Å². The molecule has 0 aromatic heterocycles. The van der Waals surface area contributed by atoms with Gasteiger partial charge in [-0.15, -0.1) is 0 Å². The summed E-state index contributed by atoms with van der Waals surface area (Å²) in [5.41, 5.74) is 1.33. The van der Waals surface area contributed by atoms with E-state index < -0.39 is 5.97 Å². The molecule has 0 bridgehead atoms. The topological polar surface area (TPSA) is 83.9 Å². The molecule has 2 aliphatic rings. The van der Waals surface area contributed by atoms with E-state index in [9.17, 15) is 19.5 Å². The first kappa shape index (κ1) is 16.4. The first-order valence-corrected chi connectivity index (χ1v) is 8.61. The molecule has 26 heavy (non-hydrogen) atoms. The minimum atomic E-state index is -1.06. The number of Topliss-reactive ketones (excluding diaryl/α,β-unsaturated/α-hetero) is 2. The quantitative estimate of drug-likeness (QED) is 0.659. The van der Waals surface area contributed by atoms with E-state index in [0.717, 1.165) is 4.90 Å². The lowest BCUT2D eigenvalue weighted by molar-refractivity contribution is -0.135. The highest BCUT2D eigenvalue weighted by Crippen LogP contribution is 2.50. The van der Waals surface area contributed by atoms with Gasteiger partial charge < -0.3 is 14.7 Å². The van der Waals surface area contributed by atoms with E-state index in [4.69, 9.17) is 4.74 Å². The Bertz CT molecular complexity index is 974. The Hall–Kier alpha value is -3.06. The zero-order valence-corrected chi connectivity index (χ0v) is 14.5. The van der Waals surface area contributed by atoms with Crippen molar-refractivity contribution in [1.29, 1.82) is 0 Å². The maximum atomic E-state index is 12.8. The highest BCUT2D eigenvalue weighted by molar-refractivity contribution is 8.03. The summed E-state index contributed by atoms with van der Waals surface area (Å²) in [6.45, 7) is -0.358. The highest BCUT2D eigenvalue weighted by Gasteiger charge is 2.40. The number of carboxylic acids is 1. The Balaban J connectivity index is 1.89. The van der Waals surface area contributed by atoms with Crippen molar-refractivity contribution < 1.29 is 24.2 Å². The van der Waals surface area contributed by atoms with Crippen molar-refractivity contribution in [3.05, 3.63) is 64.2 Å². The number of ether oxygens (including phenoxy) is 1. The maximum absolute atomic E-state index is 12.8. The molecule has 0 amide bonds. The predicted molar refractivity (Wildman–Crippen MR) is 96.0 cm³/mol. The minimum Gasteiger partial charge on any atom is -0.497 e. The van der Waals surface area contributed by atoms with Gasteiger partial charge in [0.1, 0.15) is 17.9 Å². The van der Waals surface area contributed by atoms with Crippen molar-refractivity contribution >= 4 is 35.0 Å². The summed E-state index contributed by atoms with van der Waals surface area (Å²) < 4.78 is 5.21. The van der Waals surface area contributed by atoms with E-state index in [0.29, 0.717) is 27.6 Å². The first-order valence-electron chi connectivity index (χ1n) is 7.79. The number of rotatable bonds is 3. The Morgan fingerprint density at radius 2 is 1.77 bits per heavy atom. The second kappa shape index (κ2) is 6.03. The summed E-state index contributed by atoms with van der Waals surface area (Å²) in [7, 11) is 1.52. The molecule has 0 fully saturated rings. The second-order valence-electron chi connectivity index (χ2n) is 5.80. The lowest BCUT2D eigenvalue weighted by atomic mass is 10.1. The van der Waals surface area contributed by atoms with Gasteiger partial charge in [0.2, 0.25) is 0 Å². The van der Waals surface area contributed by atoms with E-state index in [2.05, 4.69) is 0 Å². The standard InChI is InChI=1S/C19H13NO5S/c1-25-10-6-7-14-13(8-10)20(9-15(21)22)19(26-14)16-17(23)11-4-2-3-5-12(11)18(16)24/h2-8H,9H2,1H3,(H,21,22). The summed E-state index contributed by atoms with van der Waals surface area (Å²) in [4.78, 5) is 39.3. The number of hydrogen-bond acceptors (Lipinski definition) is 6. The van der Waals surface area contributed by atoms with Crippen molar-refractivity contribution in [2.24, 2.45) is 0 Å². The molecule has 1 aliphatic heterocycles. The van der Waals surface area contributed by atoms with Crippen molar-refractivity contribution in [1.82, 2.24) is 0 Å². The van der Waals surface area contributed by atoms with Crippen LogP contribution in [0.5, 0.6) is 5.75 Å². The SMILES string of the molecule is COc1ccc2c(c1)N(CC(=O)O)C(=C1C(=O)c3ccccc3C1=O)S2. The van der Waals surface area contributed by atoms with Crippen molar-refractivity contribution in [3.8, 4) is 5.75 Å². The van der Waals surface area contributed by atoms with Gasteiger partial charge in [-0.3, -0.25) is 14.4 Å². The number of nitrogens with zero attached hydrogens (tertiary/aromatic N) is 1. The molecule has 0 spiro atoms. The Kier molecular flexibility index (Phi) is 3.81. The number of carbonyl (C=O) groups is 3. The van der Waals surface area contributed by atoms with Crippen LogP contribution in [0, 0.1) is 0 Å². The molecule has 1 N–H and O–H groups in total. The van der Waals surface area contributed by atoms with Gasteiger partial charge in [-0.1, -0.05) is 36.0 Å². The van der Waals surface area contributed by atoms with Crippen LogP contribution in [0.2, 0.25) is 0 Å². The molecule has 6 nitrogen and oxygen atoms in total. The number of carbonyl (C=O) groups excluding carboxylic acids is 2. The number of allylic oxidation sites excluding steroid dienone is 1. The Morgan fingerprint density at radius 3 is 2.35 bits per heavy atom. The van der Waals surface area contributed by atoms with Crippen LogP contribution < -0.4 is 9.64 Å². The summed E-state index contributed by atoms with van der Waals surface area (Å²) in [5.74, 6) is -1.24. The minimum absolute atomic E-state index is 0.0209. The number of aliphatic carboxylic acids is 1. The van der Waals surface area contributed by atoms with E-state index in [-0.39, 0.29) is 23.7 Å². The third-order valence-electron chi connectivity index (χ3n) is 4.29. The molecule has 0 saturated heterocycles. The largest absolute Gasteiger partial charge is 0.497 e. The number of hydrogen-bond donors (Lipinski definition) is 1. The van der Waals surface area contributed by atoms with E-state index in [1.54, 1.807) is 42.5 Å². The van der Waals surface area contributed by atoms with Gasteiger partial charge in [0, 0.05) is 22.1 Å². The molecule has 0 unspecified atom stereocenters. The van der Waals surface area contributed by atoms with Gasteiger partial charge in [0.05, 0.1) is 17.8 Å². The van der Waals surface area contributed by atoms with Gasteiger partial charge in [-0.2, -0.15) is 0 Å². The normalized spacial score (nSPS) is 15.3. The summed E-state index contributed by atoms with van der Waals surface area (Å²) >= 11 is 1.23. The average Bonchev–Trinajstić information content (AvgIpc) is 3.10. The summed E-state index contributed by atoms with van der Waals surface area (Å²) in [6.07, 6.45) is 0. The number of carboxylic acid groups (broad SMARTS) is 1. The zero-order chi connectivity index (χ0) is 18.4. The lowest BCUT2D eigenvalue weighted by Crippen LogP contribution is -2.27. The fraction of sp³-hybridized carbons (Fsp3) is 0.105. The van der Waals surface area contributed by atoms with Crippen LogP contribution in [0.1, 0.15) is 20.7 Å². The molecule has 1 aliphatic carbocycles. The van der Waals surface area contributed by atoms with Gasteiger partial charge in [-0.25, -0.2) is 0 Å². The van der Waals surface area contributed by atoms with Crippen LogP contribution in [0.25, 0.3) is 0 Å². The second-order valence-corrected chi connectivity index (χ2v) is 6.83. The molecule has 2 aromatic carbocycles. The summed E-state index contributed by atoms with van der Waals surface area (Å²) in [6, 6.07) is 11.9. The highest BCUT2D eigenvalue weighted by atomic mass is 32.2. The molecule has 7 heteroatoms. The zero-order valence-electron chi connectivity index (χ0n) is 13.7. The van der Waals surface area contributed by atoms with Gasteiger partial charge >= 0.3 is 5.97 Å². The lowest BCUT2D eigenvalue weighted by Gasteiger charge is -2.19. The molecule has 0 saturated carbocycles. The predicted octanol–water partition coefficient (Wildman–Crippen LogP) is 2.98. The number of fused-ring (bicyclic) bond motifs is 2. The molecule has 4 rings (SSSR count). The van der Waals surface area contributed by atoms with E-state index >= 15 is 0 Å². The third kappa shape index (κ3) is 2.40. The molecular weight excluding hydrogens is 354 g/mol.